The molecule has 1 atom stereocenters. The number of hydrogen-bond acceptors (Lipinski definition) is 5. The van der Waals surface area contributed by atoms with Crippen molar-refractivity contribution in [3.8, 4) is 5.75 Å². The average molecular weight is 383 g/mol. The summed E-state index contributed by atoms with van der Waals surface area (Å²) in [5, 5.41) is 2.79. The summed E-state index contributed by atoms with van der Waals surface area (Å²) >= 11 is 0. The minimum Gasteiger partial charge on any atom is -0.494 e. The smallest absolute Gasteiger partial charge is 0.306 e. The fourth-order valence-corrected chi connectivity index (χ4v) is 2.52. The van der Waals surface area contributed by atoms with Crippen LogP contribution in [0.3, 0.4) is 0 Å². The number of ketones is 1. The van der Waals surface area contributed by atoms with Crippen molar-refractivity contribution >= 4 is 17.7 Å². The molecule has 0 radical (unpaired) electrons. The highest BCUT2D eigenvalue weighted by Crippen LogP contribution is 2.13. The molecule has 0 heterocycles. The number of benzene rings is 2. The molecule has 0 fully saturated rings. The molecule has 0 bridgehead atoms. The number of rotatable bonds is 10. The standard InChI is InChI=1S/C22H25NO5/c1-16(18-7-4-3-5-8-18)23-21(25)15-28-22(26)9-6-14-27-20-12-10-19(11-13-20)17(2)24/h3-5,7-8,10-13,16H,6,9,14-15H2,1-2H3,(H,23,25)/t16-/m0/s1. The molecule has 1 amide bonds. The van der Waals surface area contributed by atoms with Crippen LogP contribution in [0, 0.1) is 0 Å². The van der Waals surface area contributed by atoms with Crippen molar-refractivity contribution in [1.82, 2.24) is 5.32 Å². The molecule has 2 aromatic carbocycles. The monoisotopic (exact) mass is 383 g/mol. The highest BCUT2D eigenvalue weighted by Gasteiger charge is 2.11. The SMILES string of the molecule is CC(=O)c1ccc(OCCCC(=O)OCC(=O)N[C@@H](C)c2ccccc2)cc1. The van der Waals surface area contributed by atoms with Gasteiger partial charge in [-0.15, -0.1) is 0 Å². The Hall–Kier alpha value is -3.15. The summed E-state index contributed by atoms with van der Waals surface area (Å²) in [4.78, 5) is 34.8. The van der Waals surface area contributed by atoms with Crippen LogP contribution in [0.4, 0.5) is 0 Å². The number of carbonyl (C=O) groups is 3. The highest BCUT2D eigenvalue weighted by atomic mass is 16.5. The van der Waals surface area contributed by atoms with Gasteiger partial charge in [-0.25, -0.2) is 0 Å². The number of amides is 1. The molecule has 0 aliphatic heterocycles. The van der Waals surface area contributed by atoms with Crippen LogP contribution in [-0.4, -0.2) is 30.9 Å². The topological polar surface area (TPSA) is 81.7 Å². The first-order chi connectivity index (χ1) is 13.5. The van der Waals surface area contributed by atoms with Gasteiger partial charge in [-0.05, 0) is 50.1 Å². The number of carbonyl (C=O) groups excluding carboxylic acids is 3. The zero-order valence-electron chi connectivity index (χ0n) is 16.1. The normalized spacial score (nSPS) is 11.4. The summed E-state index contributed by atoms with van der Waals surface area (Å²) in [5.41, 5.74) is 1.60. The molecule has 0 aliphatic carbocycles. The third-order valence-electron chi connectivity index (χ3n) is 4.10. The first-order valence-electron chi connectivity index (χ1n) is 9.19. The van der Waals surface area contributed by atoms with Crippen molar-refractivity contribution in [3.05, 3.63) is 65.7 Å². The number of ether oxygens (including phenoxy) is 2. The molecule has 0 aromatic heterocycles. The lowest BCUT2D eigenvalue weighted by Gasteiger charge is -2.14. The van der Waals surface area contributed by atoms with E-state index in [0.29, 0.717) is 24.3 Å². The summed E-state index contributed by atoms with van der Waals surface area (Å²) in [5.74, 6) is -0.159. The van der Waals surface area contributed by atoms with Gasteiger partial charge in [-0.2, -0.15) is 0 Å². The molecule has 0 unspecified atom stereocenters. The predicted octanol–water partition coefficient (Wildman–Crippen LogP) is 3.47. The Morgan fingerprint density at radius 3 is 2.32 bits per heavy atom. The van der Waals surface area contributed by atoms with Crippen LogP contribution < -0.4 is 10.1 Å². The highest BCUT2D eigenvalue weighted by molar-refractivity contribution is 5.94. The van der Waals surface area contributed by atoms with E-state index in [0.717, 1.165) is 5.56 Å². The van der Waals surface area contributed by atoms with Crippen molar-refractivity contribution in [3.63, 3.8) is 0 Å². The fourth-order valence-electron chi connectivity index (χ4n) is 2.52. The van der Waals surface area contributed by atoms with Gasteiger partial charge < -0.3 is 14.8 Å². The van der Waals surface area contributed by atoms with Gasteiger partial charge in [0, 0.05) is 12.0 Å². The molecule has 1 N–H and O–H groups in total. The zero-order chi connectivity index (χ0) is 20.4. The van der Waals surface area contributed by atoms with E-state index in [4.69, 9.17) is 9.47 Å². The Balaban J connectivity index is 1.60. The van der Waals surface area contributed by atoms with Gasteiger partial charge >= 0.3 is 5.97 Å². The summed E-state index contributed by atoms with van der Waals surface area (Å²) in [6.07, 6.45) is 0.627. The molecule has 6 heteroatoms. The molecular formula is C22H25NO5. The minimum atomic E-state index is -0.446. The summed E-state index contributed by atoms with van der Waals surface area (Å²) in [7, 11) is 0. The van der Waals surface area contributed by atoms with Crippen LogP contribution in [0.15, 0.2) is 54.6 Å². The second kappa shape index (κ2) is 10.9. The summed E-state index contributed by atoms with van der Waals surface area (Å²) in [6.45, 7) is 3.41. The molecule has 0 saturated heterocycles. The van der Waals surface area contributed by atoms with E-state index in [1.807, 2.05) is 37.3 Å². The van der Waals surface area contributed by atoms with Crippen molar-refractivity contribution in [2.75, 3.05) is 13.2 Å². The first-order valence-corrected chi connectivity index (χ1v) is 9.19. The third-order valence-corrected chi connectivity index (χ3v) is 4.10. The molecule has 28 heavy (non-hydrogen) atoms. The van der Waals surface area contributed by atoms with E-state index in [2.05, 4.69) is 5.32 Å². The number of Topliss-reactive ketones (excluding diaryl/α,β-unsaturated/α-hetero) is 1. The van der Waals surface area contributed by atoms with Crippen LogP contribution >= 0.6 is 0 Å². The van der Waals surface area contributed by atoms with Gasteiger partial charge in [-0.3, -0.25) is 14.4 Å². The lowest BCUT2D eigenvalue weighted by Crippen LogP contribution is -2.31. The molecule has 2 rings (SSSR count). The van der Waals surface area contributed by atoms with Crippen molar-refractivity contribution in [1.29, 1.82) is 0 Å². The van der Waals surface area contributed by atoms with Crippen molar-refractivity contribution < 1.29 is 23.9 Å². The van der Waals surface area contributed by atoms with Crippen LogP contribution in [0.25, 0.3) is 0 Å². The third kappa shape index (κ3) is 7.23. The van der Waals surface area contributed by atoms with Crippen LogP contribution in [0.5, 0.6) is 5.75 Å². The Bertz CT molecular complexity index is 786. The first kappa shape index (κ1) is 21.2. The Morgan fingerprint density at radius 2 is 1.68 bits per heavy atom. The molecule has 0 spiro atoms. The second-order valence-corrected chi connectivity index (χ2v) is 6.39. The molecule has 0 aliphatic rings. The molecule has 148 valence electrons. The second-order valence-electron chi connectivity index (χ2n) is 6.39. The summed E-state index contributed by atoms with van der Waals surface area (Å²) < 4.78 is 10.5. The maximum absolute atomic E-state index is 11.9. The predicted molar refractivity (Wildman–Crippen MR) is 105 cm³/mol. The lowest BCUT2D eigenvalue weighted by molar-refractivity contribution is -0.148. The summed E-state index contributed by atoms with van der Waals surface area (Å²) in [6, 6.07) is 16.2. The molecule has 6 nitrogen and oxygen atoms in total. The average Bonchev–Trinajstić information content (AvgIpc) is 2.70. The van der Waals surface area contributed by atoms with Gasteiger partial charge in [0.25, 0.3) is 5.91 Å². The molecular weight excluding hydrogens is 358 g/mol. The molecule has 2 aromatic rings. The quantitative estimate of drug-likeness (QED) is 0.386. The Kier molecular flexibility index (Phi) is 8.21. The maximum Gasteiger partial charge on any atom is 0.306 e. The van der Waals surface area contributed by atoms with Crippen molar-refractivity contribution in [2.24, 2.45) is 0 Å². The number of esters is 1. The Labute approximate surface area is 164 Å². The van der Waals surface area contributed by atoms with E-state index >= 15 is 0 Å². The van der Waals surface area contributed by atoms with Crippen LogP contribution in [0.2, 0.25) is 0 Å². The van der Waals surface area contributed by atoms with Gasteiger partial charge in [0.1, 0.15) is 5.75 Å². The maximum atomic E-state index is 11.9. The number of hydrogen-bond donors (Lipinski definition) is 1. The van der Waals surface area contributed by atoms with E-state index in [1.54, 1.807) is 24.3 Å². The minimum absolute atomic E-state index is 0.00325. The zero-order valence-corrected chi connectivity index (χ0v) is 16.1. The van der Waals surface area contributed by atoms with Gasteiger partial charge in [0.05, 0.1) is 12.6 Å². The fraction of sp³-hybridized carbons (Fsp3) is 0.318. The largest absolute Gasteiger partial charge is 0.494 e. The van der Waals surface area contributed by atoms with E-state index in [1.165, 1.54) is 6.92 Å². The van der Waals surface area contributed by atoms with Gasteiger partial charge in [-0.1, -0.05) is 30.3 Å². The van der Waals surface area contributed by atoms with Crippen LogP contribution in [-0.2, 0) is 14.3 Å². The van der Waals surface area contributed by atoms with Gasteiger partial charge in [0.2, 0.25) is 0 Å². The van der Waals surface area contributed by atoms with Gasteiger partial charge in [0.15, 0.2) is 12.4 Å². The van der Waals surface area contributed by atoms with Crippen molar-refractivity contribution in [2.45, 2.75) is 32.7 Å². The molecule has 0 saturated carbocycles. The number of nitrogens with one attached hydrogen (secondary N) is 1. The van der Waals surface area contributed by atoms with E-state index < -0.39 is 5.97 Å². The van der Waals surface area contributed by atoms with Crippen LogP contribution in [0.1, 0.15) is 48.7 Å². The van der Waals surface area contributed by atoms with E-state index in [-0.39, 0.29) is 30.8 Å². The Morgan fingerprint density at radius 1 is 1.00 bits per heavy atom. The van der Waals surface area contributed by atoms with E-state index in [9.17, 15) is 14.4 Å². The lowest BCUT2D eigenvalue weighted by atomic mass is 10.1.